The van der Waals surface area contributed by atoms with Crippen LogP contribution in [0.3, 0.4) is 0 Å². The quantitative estimate of drug-likeness (QED) is 0.376. The van der Waals surface area contributed by atoms with Crippen LogP contribution >= 0.6 is 0 Å². The average molecular weight is 327 g/mol. The van der Waals surface area contributed by atoms with Crippen molar-refractivity contribution in [1.29, 1.82) is 0 Å². The summed E-state index contributed by atoms with van der Waals surface area (Å²) in [6.45, 7) is 0. The molecule has 2 aromatic carbocycles. The molecule has 0 saturated carbocycles. The summed E-state index contributed by atoms with van der Waals surface area (Å²) in [7, 11) is 1.31. The minimum absolute atomic E-state index is 0.00520. The number of nitrogens with zero attached hydrogens (tertiary/aromatic N) is 3. The molecule has 9 nitrogen and oxygen atoms in total. The van der Waals surface area contributed by atoms with E-state index in [1.54, 1.807) is 0 Å². The SMILES string of the molecule is COc1cc([N+](=O)[O-])cc(/C=N\Nc2nc3ccccc3[nH]2)c1O. The Morgan fingerprint density at radius 2 is 2.21 bits per heavy atom. The lowest BCUT2D eigenvalue weighted by Crippen LogP contribution is -1.96. The highest BCUT2D eigenvalue weighted by Crippen LogP contribution is 2.33. The molecular weight excluding hydrogens is 314 g/mol. The Balaban J connectivity index is 1.85. The molecule has 0 fully saturated rings. The summed E-state index contributed by atoms with van der Waals surface area (Å²) >= 11 is 0. The minimum Gasteiger partial charge on any atom is -0.504 e. The molecular formula is C15H13N5O4. The van der Waals surface area contributed by atoms with E-state index in [4.69, 9.17) is 4.74 Å². The number of fused-ring (bicyclic) bond motifs is 1. The van der Waals surface area contributed by atoms with Crippen LogP contribution < -0.4 is 10.2 Å². The highest BCUT2D eigenvalue weighted by molar-refractivity contribution is 5.86. The van der Waals surface area contributed by atoms with Crippen molar-refractivity contribution < 1.29 is 14.8 Å². The first kappa shape index (κ1) is 15.3. The van der Waals surface area contributed by atoms with Gasteiger partial charge in [0.2, 0.25) is 5.95 Å². The molecule has 9 heteroatoms. The fourth-order valence-electron chi connectivity index (χ4n) is 2.14. The molecule has 3 aromatic rings. The number of anilines is 1. The molecule has 0 atom stereocenters. The number of H-pyrrole nitrogens is 1. The van der Waals surface area contributed by atoms with Gasteiger partial charge in [0.05, 0.1) is 35.3 Å². The molecule has 0 bridgehead atoms. The van der Waals surface area contributed by atoms with E-state index in [0.29, 0.717) is 5.95 Å². The summed E-state index contributed by atoms with van der Waals surface area (Å²) in [5.41, 5.74) is 4.22. The lowest BCUT2D eigenvalue weighted by molar-refractivity contribution is -0.385. The third-order valence-electron chi connectivity index (χ3n) is 3.28. The maximum atomic E-state index is 10.9. The molecule has 3 rings (SSSR count). The van der Waals surface area contributed by atoms with Crippen LogP contribution in [0.5, 0.6) is 11.5 Å². The van der Waals surface area contributed by atoms with E-state index in [0.717, 1.165) is 17.1 Å². The first-order valence-electron chi connectivity index (χ1n) is 6.87. The normalized spacial score (nSPS) is 11.0. The average Bonchev–Trinajstić information content (AvgIpc) is 2.98. The number of imidazole rings is 1. The van der Waals surface area contributed by atoms with Gasteiger partial charge in [-0.3, -0.25) is 10.1 Å². The lowest BCUT2D eigenvalue weighted by atomic mass is 10.2. The number of nitrogens with one attached hydrogen (secondary N) is 2. The smallest absolute Gasteiger partial charge is 0.274 e. The van der Waals surface area contributed by atoms with Crippen LogP contribution in [0.15, 0.2) is 41.5 Å². The van der Waals surface area contributed by atoms with Crippen molar-refractivity contribution >= 4 is 28.9 Å². The van der Waals surface area contributed by atoms with Crippen molar-refractivity contribution in [3.63, 3.8) is 0 Å². The molecule has 0 radical (unpaired) electrons. The molecule has 1 heterocycles. The number of ether oxygens (including phenoxy) is 1. The molecule has 1 aromatic heterocycles. The largest absolute Gasteiger partial charge is 0.504 e. The zero-order chi connectivity index (χ0) is 17.1. The molecule has 122 valence electrons. The Labute approximate surface area is 135 Å². The van der Waals surface area contributed by atoms with E-state index in [2.05, 4.69) is 20.5 Å². The maximum absolute atomic E-state index is 10.9. The van der Waals surface area contributed by atoms with Gasteiger partial charge in [0.15, 0.2) is 11.5 Å². The van der Waals surface area contributed by atoms with Gasteiger partial charge in [0, 0.05) is 11.6 Å². The molecule has 0 aliphatic rings. The number of aromatic hydroxyl groups is 1. The van der Waals surface area contributed by atoms with Crippen LogP contribution in [-0.4, -0.2) is 33.3 Å². The molecule has 0 amide bonds. The van der Waals surface area contributed by atoms with Crippen molar-refractivity contribution in [3.05, 3.63) is 52.1 Å². The van der Waals surface area contributed by atoms with Gasteiger partial charge in [0.25, 0.3) is 5.69 Å². The second-order valence-electron chi connectivity index (χ2n) is 4.82. The predicted octanol–water partition coefficient (Wildman–Crippen LogP) is 2.63. The van der Waals surface area contributed by atoms with E-state index in [1.165, 1.54) is 19.4 Å². The highest BCUT2D eigenvalue weighted by Gasteiger charge is 2.15. The first-order chi connectivity index (χ1) is 11.6. The van der Waals surface area contributed by atoms with Crippen molar-refractivity contribution in [2.75, 3.05) is 12.5 Å². The van der Waals surface area contributed by atoms with Gasteiger partial charge in [-0.25, -0.2) is 10.4 Å². The number of hydrogen-bond donors (Lipinski definition) is 3. The Hall–Kier alpha value is -3.62. The van der Waals surface area contributed by atoms with Crippen LogP contribution in [-0.2, 0) is 0 Å². The van der Waals surface area contributed by atoms with Gasteiger partial charge in [-0.1, -0.05) is 12.1 Å². The second-order valence-corrected chi connectivity index (χ2v) is 4.82. The summed E-state index contributed by atoms with van der Waals surface area (Å²) in [5, 5.41) is 24.9. The number of hydrogen-bond acceptors (Lipinski definition) is 7. The Bertz CT molecular complexity index is 902. The summed E-state index contributed by atoms with van der Waals surface area (Å²) in [6.07, 6.45) is 1.25. The summed E-state index contributed by atoms with van der Waals surface area (Å²) in [4.78, 5) is 17.6. The topological polar surface area (TPSA) is 126 Å². The number of rotatable bonds is 5. The molecule has 24 heavy (non-hydrogen) atoms. The number of para-hydroxylation sites is 2. The van der Waals surface area contributed by atoms with E-state index in [1.807, 2.05) is 24.3 Å². The number of phenols is 1. The number of benzene rings is 2. The third-order valence-corrected chi connectivity index (χ3v) is 3.28. The van der Waals surface area contributed by atoms with Gasteiger partial charge in [-0.2, -0.15) is 5.10 Å². The Morgan fingerprint density at radius 1 is 1.42 bits per heavy atom. The monoisotopic (exact) mass is 327 g/mol. The Kier molecular flexibility index (Phi) is 3.98. The number of aromatic amines is 1. The van der Waals surface area contributed by atoms with E-state index in [-0.39, 0.29) is 22.7 Å². The molecule has 3 N–H and O–H groups in total. The van der Waals surface area contributed by atoms with E-state index >= 15 is 0 Å². The number of nitro benzene ring substituents is 1. The predicted molar refractivity (Wildman–Crippen MR) is 88.6 cm³/mol. The van der Waals surface area contributed by atoms with Crippen molar-refractivity contribution in [3.8, 4) is 11.5 Å². The van der Waals surface area contributed by atoms with Crippen molar-refractivity contribution in [1.82, 2.24) is 9.97 Å². The summed E-state index contributed by atoms with van der Waals surface area (Å²) < 4.78 is 4.93. The fourth-order valence-corrected chi connectivity index (χ4v) is 2.14. The molecule has 0 aliphatic heterocycles. The van der Waals surface area contributed by atoms with Crippen LogP contribution in [0.2, 0.25) is 0 Å². The zero-order valence-electron chi connectivity index (χ0n) is 12.6. The van der Waals surface area contributed by atoms with Crippen LogP contribution in [0.4, 0.5) is 11.6 Å². The standard InChI is InChI=1S/C15H13N5O4/c1-24-13-7-10(20(22)23)6-9(14(13)21)8-16-19-15-17-11-4-2-3-5-12(11)18-15/h2-8,21H,1H3,(H2,17,18,19)/b16-8-. The summed E-state index contributed by atoms with van der Waals surface area (Å²) in [6, 6.07) is 9.79. The van der Waals surface area contributed by atoms with Crippen molar-refractivity contribution in [2.45, 2.75) is 0 Å². The first-order valence-corrected chi connectivity index (χ1v) is 6.87. The zero-order valence-corrected chi connectivity index (χ0v) is 12.6. The van der Waals surface area contributed by atoms with Gasteiger partial charge < -0.3 is 14.8 Å². The number of aromatic nitrogens is 2. The van der Waals surface area contributed by atoms with E-state index in [9.17, 15) is 15.2 Å². The number of non-ortho nitro benzene ring substituents is 1. The van der Waals surface area contributed by atoms with Gasteiger partial charge in [0.1, 0.15) is 0 Å². The molecule has 0 spiro atoms. The second kappa shape index (κ2) is 6.24. The maximum Gasteiger partial charge on any atom is 0.274 e. The van der Waals surface area contributed by atoms with Gasteiger partial charge in [-0.05, 0) is 12.1 Å². The van der Waals surface area contributed by atoms with Crippen LogP contribution in [0, 0.1) is 10.1 Å². The molecule has 0 unspecified atom stereocenters. The molecule has 0 saturated heterocycles. The van der Waals surface area contributed by atoms with Crippen LogP contribution in [0.25, 0.3) is 11.0 Å². The van der Waals surface area contributed by atoms with E-state index < -0.39 is 4.92 Å². The number of methoxy groups -OCH3 is 1. The number of nitro groups is 1. The number of hydrazone groups is 1. The van der Waals surface area contributed by atoms with Gasteiger partial charge >= 0.3 is 0 Å². The highest BCUT2D eigenvalue weighted by atomic mass is 16.6. The summed E-state index contributed by atoms with van der Waals surface area (Å²) in [5.74, 6) is 0.164. The van der Waals surface area contributed by atoms with Crippen molar-refractivity contribution in [2.24, 2.45) is 5.10 Å². The van der Waals surface area contributed by atoms with Gasteiger partial charge in [-0.15, -0.1) is 0 Å². The molecule has 0 aliphatic carbocycles. The third kappa shape index (κ3) is 2.95. The van der Waals surface area contributed by atoms with Crippen LogP contribution in [0.1, 0.15) is 5.56 Å². The Morgan fingerprint density at radius 3 is 2.92 bits per heavy atom. The lowest BCUT2D eigenvalue weighted by Gasteiger charge is -2.05. The number of phenolic OH excluding ortho intramolecular Hbond substituents is 1. The minimum atomic E-state index is -0.577. The fraction of sp³-hybridized carbons (Fsp3) is 0.0667.